The first-order valence-electron chi connectivity index (χ1n) is 10.5. The maximum absolute atomic E-state index is 12.9. The van der Waals surface area contributed by atoms with E-state index < -0.39 is 10.0 Å². The van der Waals surface area contributed by atoms with Crippen LogP contribution in [0.1, 0.15) is 38.5 Å². The summed E-state index contributed by atoms with van der Waals surface area (Å²) in [5.74, 6) is 1.42. The summed E-state index contributed by atoms with van der Waals surface area (Å²) >= 11 is 0. The highest BCUT2D eigenvalue weighted by Crippen LogP contribution is 2.32. The Balaban J connectivity index is 1.35. The normalized spacial score (nSPS) is 26.6. The topological polar surface area (TPSA) is 91.4 Å². The van der Waals surface area contributed by atoms with E-state index in [9.17, 15) is 8.42 Å². The average Bonchev–Trinajstić information content (AvgIpc) is 3.22. The van der Waals surface area contributed by atoms with E-state index in [0.29, 0.717) is 19.1 Å². The molecule has 2 fully saturated rings. The van der Waals surface area contributed by atoms with E-state index in [1.807, 2.05) is 12.3 Å². The average molecular weight is 422 g/mol. The van der Waals surface area contributed by atoms with Crippen molar-refractivity contribution < 1.29 is 13.2 Å². The molecule has 0 bridgehead atoms. The molecular formula is C20H31N5O3S. The number of rotatable bonds is 6. The van der Waals surface area contributed by atoms with Gasteiger partial charge in [0.25, 0.3) is 0 Å². The third-order valence-electron chi connectivity index (χ3n) is 6.54. The van der Waals surface area contributed by atoms with Crippen LogP contribution in [0.4, 0.5) is 5.82 Å². The number of H-pyrrole nitrogens is 1. The highest BCUT2D eigenvalue weighted by Gasteiger charge is 2.33. The predicted octanol–water partition coefficient (Wildman–Crippen LogP) is 2.39. The number of sulfonamides is 1. The van der Waals surface area contributed by atoms with Crippen molar-refractivity contribution in [2.45, 2.75) is 50.7 Å². The summed E-state index contributed by atoms with van der Waals surface area (Å²) in [6, 6.07) is 2.38. The molecule has 1 saturated heterocycles. The number of aromatic amines is 1. The number of piperidine rings is 1. The molecule has 8 nitrogen and oxygen atoms in total. The Hall–Kier alpha value is -1.71. The molecule has 29 heavy (non-hydrogen) atoms. The van der Waals surface area contributed by atoms with Crippen LogP contribution in [0.25, 0.3) is 11.0 Å². The molecule has 1 aliphatic heterocycles. The Morgan fingerprint density at radius 3 is 2.79 bits per heavy atom. The largest absolute Gasteiger partial charge is 0.380 e. The van der Waals surface area contributed by atoms with Gasteiger partial charge in [-0.1, -0.05) is 0 Å². The molecule has 0 spiro atoms. The lowest BCUT2D eigenvalue weighted by atomic mass is 9.86. The summed E-state index contributed by atoms with van der Waals surface area (Å²) < 4.78 is 32.9. The van der Waals surface area contributed by atoms with E-state index in [1.165, 1.54) is 0 Å². The molecule has 2 aromatic heterocycles. The van der Waals surface area contributed by atoms with Crippen molar-refractivity contribution in [2.24, 2.45) is 5.92 Å². The van der Waals surface area contributed by atoms with Crippen molar-refractivity contribution >= 4 is 26.9 Å². The van der Waals surface area contributed by atoms with E-state index in [0.717, 1.165) is 55.4 Å². The van der Waals surface area contributed by atoms with E-state index in [2.05, 4.69) is 26.9 Å². The molecule has 1 N–H and O–H groups in total. The lowest BCUT2D eigenvalue weighted by molar-refractivity contribution is 0.0570. The minimum Gasteiger partial charge on any atom is -0.380 e. The second-order valence-corrected chi connectivity index (χ2v) is 10.4. The smallest absolute Gasteiger partial charge is 0.214 e. The Kier molecular flexibility index (Phi) is 6.08. The van der Waals surface area contributed by atoms with E-state index in [1.54, 1.807) is 17.7 Å². The van der Waals surface area contributed by atoms with Gasteiger partial charge in [0, 0.05) is 39.5 Å². The standard InChI is InChI=1S/C20H31N5O3S/c1-24(20-18-9-10-21-19(18)22-14-23-20)16-7-5-15(6-8-16)13-29(26,27)25-11-3-4-17(12-25)28-2/h9-10,14-17H,3-8,11-13H2,1-2H3,(H,21,22,23)/t15?,16?,17-/m1/s1. The van der Waals surface area contributed by atoms with Gasteiger partial charge in [0.1, 0.15) is 17.8 Å². The molecular weight excluding hydrogens is 390 g/mol. The zero-order valence-electron chi connectivity index (χ0n) is 17.2. The summed E-state index contributed by atoms with van der Waals surface area (Å²) in [5, 5.41) is 1.03. The molecule has 1 saturated carbocycles. The van der Waals surface area contributed by atoms with Crippen molar-refractivity contribution in [3.05, 3.63) is 18.6 Å². The second-order valence-electron chi connectivity index (χ2n) is 8.36. The van der Waals surface area contributed by atoms with E-state index in [-0.39, 0.29) is 17.8 Å². The van der Waals surface area contributed by atoms with Crippen molar-refractivity contribution in [2.75, 3.05) is 37.9 Å². The first-order valence-corrected chi connectivity index (χ1v) is 12.1. The molecule has 0 radical (unpaired) electrons. The monoisotopic (exact) mass is 421 g/mol. The Morgan fingerprint density at radius 1 is 1.24 bits per heavy atom. The van der Waals surface area contributed by atoms with Crippen LogP contribution in [0.2, 0.25) is 0 Å². The van der Waals surface area contributed by atoms with Crippen LogP contribution >= 0.6 is 0 Å². The van der Waals surface area contributed by atoms with Gasteiger partial charge in [-0.25, -0.2) is 18.4 Å². The number of ether oxygens (including phenoxy) is 1. The summed E-state index contributed by atoms with van der Waals surface area (Å²) in [6.07, 6.45) is 9.14. The van der Waals surface area contributed by atoms with Gasteiger partial charge < -0.3 is 14.6 Å². The summed E-state index contributed by atoms with van der Waals surface area (Å²) in [7, 11) is 0.520. The molecule has 2 aliphatic rings. The highest BCUT2D eigenvalue weighted by molar-refractivity contribution is 7.89. The van der Waals surface area contributed by atoms with Crippen LogP contribution in [0, 0.1) is 5.92 Å². The molecule has 2 aromatic rings. The molecule has 0 aromatic carbocycles. The highest BCUT2D eigenvalue weighted by atomic mass is 32.2. The molecule has 3 heterocycles. The fourth-order valence-corrected chi connectivity index (χ4v) is 6.71. The molecule has 1 atom stereocenters. The molecule has 4 rings (SSSR count). The fraction of sp³-hybridized carbons (Fsp3) is 0.700. The van der Waals surface area contributed by atoms with E-state index >= 15 is 0 Å². The minimum atomic E-state index is -3.22. The quantitative estimate of drug-likeness (QED) is 0.770. The first kappa shape index (κ1) is 20.6. The lowest BCUT2D eigenvalue weighted by Gasteiger charge is -2.37. The van der Waals surface area contributed by atoms with Gasteiger partial charge in [0.2, 0.25) is 10.0 Å². The first-order chi connectivity index (χ1) is 14.0. The van der Waals surface area contributed by atoms with Crippen LogP contribution < -0.4 is 4.90 Å². The number of anilines is 1. The van der Waals surface area contributed by atoms with Gasteiger partial charge in [0.15, 0.2) is 0 Å². The van der Waals surface area contributed by atoms with Gasteiger partial charge in [-0.05, 0) is 50.5 Å². The zero-order valence-corrected chi connectivity index (χ0v) is 18.1. The van der Waals surface area contributed by atoms with Crippen molar-refractivity contribution in [3.63, 3.8) is 0 Å². The third-order valence-corrected chi connectivity index (χ3v) is 8.56. The second kappa shape index (κ2) is 8.57. The Bertz CT molecular complexity index is 923. The molecule has 160 valence electrons. The number of fused-ring (bicyclic) bond motifs is 1. The van der Waals surface area contributed by atoms with Gasteiger partial charge in [0.05, 0.1) is 17.2 Å². The molecule has 1 aliphatic carbocycles. The maximum atomic E-state index is 12.9. The zero-order chi connectivity index (χ0) is 20.4. The number of nitrogens with one attached hydrogen (secondary N) is 1. The SMILES string of the molecule is CO[C@@H]1CCCN(S(=O)(=O)CC2CCC(N(C)c3ncnc4[nH]ccc34)CC2)C1. The van der Waals surface area contributed by atoms with Crippen molar-refractivity contribution in [1.29, 1.82) is 0 Å². The fourth-order valence-electron chi connectivity index (χ4n) is 4.76. The number of methoxy groups -OCH3 is 1. The van der Waals surface area contributed by atoms with Crippen molar-refractivity contribution in [3.8, 4) is 0 Å². The van der Waals surface area contributed by atoms with Gasteiger partial charge in [-0.2, -0.15) is 4.31 Å². The number of hydrogen-bond donors (Lipinski definition) is 1. The lowest BCUT2D eigenvalue weighted by Crippen LogP contribution is -2.45. The Labute approximate surface area is 172 Å². The summed E-state index contributed by atoms with van der Waals surface area (Å²) in [4.78, 5) is 14.1. The maximum Gasteiger partial charge on any atom is 0.214 e. The summed E-state index contributed by atoms with van der Waals surface area (Å²) in [5.41, 5.74) is 0.845. The van der Waals surface area contributed by atoms with Gasteiger partial charge in [-0.3, -0.25) is 0 Å². The molecule has 0 unspecified atom stereocenters. The van der Waals surface area contributed by atoms with Crippen molar-refractivity contribution in [1.82, 2.24) is 19.3 Å². The number of nitrogens with zero attached hydrogens (tertiary/aromatic N) is 4. The van der Waals surface area contributed by atoms with Gasteiger partial charge in [-0.15, -0.1) is 0 Å². The van der Waals surface area contributed by atoms with E-state index in [4.69, 9.17) is 4.74 Å². The van der Waals surface area contributed by atoms with Crippen LogP contribution in [0.15, 0.2) is 18.6 Å². The predicted molar refractivity (Wildman–Crippen MR) is 113 cm³/mol. The molecule has 0 amide bonds. The third kappa shape index (κ3) is 4.41. The van der Waals surface area contributed by atoms with Crippen LogP contribution in [-0.4, -0.2) is 72.8 Å². The minimum absolute atomic E-state index is 0.0287. The van der Waals surface area contributed by atoms with Crippen LogP contribution in [0.3, 0.4) is 0 Å². The van der Waals surface area contributed by atoms with Crippen LogP contribution in [0.5, 0.6) is 0 Å². The number of hydrogen-bond acceptors (Lipinski definition) is 6. The Morgan fingerprint density at radius 2 is 2.03 bits per heavy atom. The number of aromatic nitrogens is 3. The van der Waals surface area contributed by atoms with Gasteiger partial charge >= 0.3 is 0 Å². The van der Waals surface area contributed by atoms with Crippen LogP contribution in [-0.2, 0) is 14.8 Å². The summed E-state index contributed by atoms with van der Waals surface area (Å²) in [6.45, 7) is 1.12. The molecule has 9 heteroatoms.